The van der Waals surface area contributed by atoms with Crippen LogP contribution in [0.3, 0.4) is 0 Å². The van der Waals surface area contributed by atoms with Gasteiger partial charge < -0.3 is 0 Å². The summed E-state index contributed by atoms with van der Waals surface area (Å²) in [6.45, 7) is 0. The smallest absolute Gasteiger partial charge is 0.184 e. The first-order valence-electron chi connectivity index (χ1n) is 5.67. The molecule has 0 N–H and O–H groups in total. The van der Waals surface area contributed by atoms with Gasteiger partial charge in [-0.05, 0) is 29.8 Å². The Morgan fingerprint density at radius 1 is 1.05 bits per heavy atom. The number of carbonyl (C=O) groups excluding carboxylic acids is 1. The van der Waals surface area contributed by atoms with Gasteiger partial charge in [0.2, 0.25) is 0 Å². The number of hydrogen-bond donors (Lipinski definition) is 0. The predicted octanol–water partition coefficient (Wildman–Crippen LogP) is 5.14. The number of Topliss-reactive ketones (excluding diaryl/α,β-unsaturated/α-hetero) is 1. The van der Waals surface area contributed by atoms with E-state index >= 15 is 0 Å². The predicted molar refractivity (Wildman–Crippen MR) is 80.6 cm³/mol. The minimum Gasteiger partial charge on any atom is -0.292 e. The summed E-state index contributed by atoms with van der Waals surface area (Å²) in [5.74, 6) is -1.37. The minimum atomic E-state index is -0.988. The number of halogens is 3. The first-order chi connectivity index (χ1) is 9.52. The van der Waals surface area contributed by atoms with Gasteiger partial charge in [0.1, 0.15) is 5.92 Å². The van der Waals surface area contributed by atoms with Crippen molar-refractivity contribution < 1.29 is 4.79 Å². The highest BCUT2D eigenvalue weighted by Gasteiger charge is 2.24. The second-order valence-electron chi connectivity index (χ2n) is 4.11. The van der Waals surface area contributed by atoms with Crippen molar-refractivity contribution in [2.45, 2.75) is 5.92 Å². The number of nitrogens with zero attached hydrogens (tertiary/aromatic N) is 1. The molecule has 0 heterocycles. The van der Waals surface area contributed by atoms with Crippen LogP contribution in [0.5, 0.6) is 0 Å². The Labute approximate surface area is 131 Å². The molecule has 0 aliphatic rings. The highest BCUT2D eigenvalue weighted by atomic mass is 35.5. The maximum Gasteiger partial charge on any atom is 0.184 e. The Morgan fingerprint density at radius 2 is 1.65 bits per heavy atom. The summed E-state index contributed by atoms with van der Waals surface area (Å²) >= 11 is 17.8. The van der Waals surface area contributed by atoms with Crippen molar-refractivity contribution in [3.8, 4) is 6.07 Å². The monoisotopic (exact) mass is 323 g/mol. The normalized spacial score (nSPS) is 11.7. The molecule has 0 bridgehead atoms. The van der Waals surface area contributed by atoms with Crippen LogP contribution in [-0.2, 0) is 0 Å². The molecule has 0 aromatic heterocycles. The van der Waals surface area contributed by atoms with E-state index in [-0.39, 0.29) is 11.3 Å². The van der Waals surface area contributed by atoms with Crippen molar-refractivity contribution in [3.63, 3.8) is 0 Å². The largest absolute Gasteiger partial charge is 0.292 e. The van der Waals surface area contributed by atoms with E-state index in [1.165, 1.54) is 18.2 Å². The summed E-state index contributed by atoms with van der Waals surface area (Å²) in [5.41, 5.74) is 0.756. The minimum absolute atomic E-state index is 0.286. The van der Waals surface area contributed by atoms with Gasteiger partial charge in [0, 0.05) is 20.6 Å². The second-order valence-corrected chi connectivity index (χ2v) is 5.39. The number of rotatable bonds is 3. The number of carbonyl (C=O) groups is 1. The molecule has 2 aromatic carbocycles. The van der Waals surface area contributed by atoms with E-state index < -0.39 is 5.92 Å². The molecule has 0 aliphatic heterocycles. The average molecular weight is 325 g/mol. The molecule has 20 heavy (non-hydrogen) atoms. The molecule has 2 nitrogen and oxygen atoms in total. The maximum atomic E-state index is 12.4. The van der Waals surface area contributed by atoms with Crippen molar-refractivity contribution >= 4 is 40.6 Å². The molecule has 2 rings (SSSR count). The zero-order valence-electron chi connectivity index (χ0n) is 10.1. The van der Waals surface area contributed by atoms with Crippen LogP contribution in [0.2, 0.25) is 15.1 Å². The lowest BCUT2D eigenvalue weighted by Crippen LogP contribution is -2.11. The number of benzene rings is 2. The average Bonchev–Trinajstić information content (AvgIpc) is 2.40. The van der Waals surface area contributed by atoms with Gasteiger partial charge in [-0.2, -0.15) is 5.26 Å². The fourth-order valence-corrected chi connectivity index (χ4v) is 2.61. The molecule has 2 aromatic rings. The zero-order chi connectivity index (χ0) is 14.7. The lowest BCUT2D eigenvalue weighted by atomic mass is 9.92. The van der Waals surface area contributed by atoms with Crippen LogP contribution in [0.4, 0.5) is 0 Å². The number of hydrogen-bond acceptors (Lipinski definition) is 2. The van der Waals surface area contributed by atoms with E-state index in [2.05, 4.69) is 0 Å². The first kappa shape index (κ1) is 14.9. The van der Waals surface area contributed by atoms with Gasteiger partial charge in [-0.15, -0.1) is 0 Å². The summed E-state index contributed by atoms with van der Waals surface area (Å²) in [6, 6.07) is 13.2. The molecule has 0 saturated heterocycles. The number of nitriles is 1. The van der Waals surface area contributed by atoms with Gasteiger partial charge in [0.25, 0.3) is 0 Å². The lowest BCUT2D eigenvalue weighted by molar-refractivity contribution is 0.0979. The highest BCUT2D eigenvalue weighted by Crippen LogP contribution is 2.29. The highest BCUT2D eigenvalue weighted by molar-refractivity contribution is 6.35. The second kappa shape index (κ2) is 6.28. The Bertz CT molecular complexity index is 686. The molecule has 0 spiro atoms. The maximum absolute atomic E-state index is 12.4. The molecular formula is C15H8Cl3NO. The lowest BCUT2D eigenvalue weighted by Gasteiger charge is -2.11. The van der Waals surface area contributed by atoms with Crippen LogP contribution >= 0.6 is 34.8 Å². The van der Waals surface area contributed by atoms with Gasteiger partial charge in [0.05, 0.1) is 6.07 Å². The zero-order valence-corrected chi connectivity index (χ0v) is 12.4. The van der Waals surface area contributed by atoms with Crippen LogP contribution in [0, 0.1) is 11.3 Å². The van der Waals surface area contributed by atoms with Crippen molar-refractivity contribution in [3.05, 3.63) is 68.7 Å². The quantitative estimate of drug-likeness (QED) is 0.734. The summed E-state index contributed by atoms with van der Waals surface area (Å²) in [4.78, 5) is 12.4. The van der Waals surface area contributed by atoms with Gasteiger partial charge in [-0.25, -0.2) is 0 Å². The Hall–Kier alpha value is -1.53. The van der Waals surface area contributed by atoms with E-state index in [1.807, 2.05) is 6.07 Å². The first-order valence-corrected chi connectivity index (χ1v) is 6.80. The van der Waals surface area contributed by atoms with E-state index in [1.54, 1.807) is 24.3 Å². The molecule has 1 atom stereocenters. The summed E-state index contributed by atoms with van der Waals surface area (Å²) < 4.78 is 0. The van der Waals surface area contributed by atoms with Crippen LogP contribution < -0.4 is 0 Å². The van der Waals surface area contributed by atoms with Crippen molar-refractivity contribution in [2.75, 3.05) is 0 Å². The third-order valence-corrected chi connectivity index (χ3v) is 3.54. The van der Waals surface area contributed by atoms with Crippen LogP contribution in [0.15, 0.2) is 42.5 Å². The van der Waals surface area contributed by atoms with E-state index in [0.29, 0.717) is 20.6 Å². The van der Waals surface area contributed by atoms with Crippen LogP contribution in [0.25, 0.3) is 0 Å². The topological polar surface area (TPSA) is 40.9 Å². The Balaban J connectivity index is 2.45. The van der Waals surface area contributed by atoms with Gasteiger partial charge in [-0.3, -0.25) is 4.79 Å². The van der Waals surface area contributed by atoms with Crippen molar-refractivity contribution in [1.82, 2.24) is 0 Å². The fraction of sp³-hybridized carbons (Fsp3) is 0.0667. The molecular weight excluding hydrogens is 317 g/mol. The van der Waals surface area contributed by atoms with Gasteiger partial charge >= 0.3 is 0 Å². The van der Waals surface area contributed by atoms with Gasteiger partial charge in [-0.1, -0.05) is 53.0 Å². The van der Waals surface area contributed by atoms with E-state index in [9.17, 15) is 10.1 Å². The third-order valence-electron chi connectivity index (χ3n) is 2.75. The SMILES string of the molecule is N#CC(C(=O)c1cc(Cl)cc(Cl)c1)c1ccccc1Cl. The van der Waals surface area contributed by atoms with Crippen molar-refractivity contribution in [1.29, 1.82) is 5.26 Å². The molecule has 0 radical (unpaired) electrons. The number of ketones is 1. The van der Waals surface area contributed by atoms with Crippen LogP contribution in [0.1, 0.15) is 21.8 Å². The molecule has 100 valence electrons. The van der Waals surface area contributed by atoms with Crippen LogP contribution in [-0.4, -0.2) is 5.78 Å². The molecule has 5 heteroatoms. The van der Waals surface area contributed by atoms with Gasteiger partial charge in [0.15, 0.2) is 5.78 Å². The molecule has 1 unspecified atom stereocenters. The third kappa shape index (κ3) is 3.13. The fourth-order valence-electron chi connectivity index (χ4n) is 1.84. The van der Waals surface area contributed by atoms with E-state index in [4.69, 9.17) is 34.8 Å². The Kier molecular flexibility index (Phi) is 4.67. The molecule has 0 fully saturated rings. The molecule has 0 amide bonds. The summed E-state index contributed by atoms with van der Waals surface area (Å²) in [5, 5.41) is 10.3. The molecule has 0 saturated carbocycles. The van der Waals surface area contributed by atoms with E-state index in [0.717, 1.165) is 0 Å². The summed E-state index contributed by atoms with van der Waals surface area (Å²) in [6.07, 6.45) is 0. The summed E-state index contributed by atoms with van der Waals surface area (Å²) in [7, 11) is 0. The standard InChI is InChI=1S/C15H8Cl3NO/c16-10-5-9(6-11(17)7-10)15(20)13(8-19)12-3-1-2-4-14(12)18/h1-7,13H. The van der Waals surface area contributed by atoms with Crippen molar-refractivity contribution in [2.24, 2.45) is 0 Å². The Morgan fingerprint density at radius 3 is 2.20 bits per heavy atom. The molecule has 0 aliphatic carbocycles.